The highest BCUT2D eigenvalue weighted by Gasteiger charge is 2.24. The minimum absolute atomic E-state index is 0.0215. The lowest BCUT2D eigenvalue weighted by atomic mass is 10.0. The number of carbonyl (C=O) groups excluding carboxylic acids is 2. The number of ether oxygens (including phenoxy) is 1. The maximum absolute atomic E-state index is 12.3. The second-order valence-electron chi connectivity index (χ2n) is 10.1. The summed E-state index contributed by atoms with van der Waals surface area (Å²) >= 11 is 0. The summed E-state index contributed by atoms with van der Waals surface area (Å²) in [5.74, 6) is 1.64. The van der Waals surface area contributed by atoms with Gasteiger partial charge in [0, 0.05) is 54.5 Å². The number of carbonyl (C=O) groups is 2. The Morgan fingerprint density at radius 3 is 2.56 bits per heavy atom. The van der Waals surface area contributed by atoms with Gasteiger partial charge in [-0.3, -0.25) is 14.7 Å². The number of fused-ring (bicyclic) bond motifs is 1. The van der Waals surface area contributed by atoms with Gasteiger partial charge >= 0.3 is 0 Å². The molecular weight excluding hydrogens is 518 g/mol. The van der Waals surface area contributed by atoms with Crippen LogP contribution < -0.4 is 15.4 Å². The van der Waals surface area contributed by atoms with Crippen molar-refractivity contribution in [3.8, 4) is 28.3 Å². The predicted octanol–water partition coefficient (Wildman–Crippen LogP) is 4.87. The zero-order chi connectivity index (χ0) is 28.8. The molecule has 212 valence electrons. The van der Waals surface area contributed by atoms with Gasteiger partial charge in [0.15, 0.2) is 12.4 Å². The Morgan fingerprint density at radius 2 is 1.85 bits per heavy atom. The van der Waals surface area contributed by atoms with Crippen molar-refractivity contribution >= 4 is 23.3 Å². The van der Waals surface area contributed by atoms with Crippen molar-refractivity contribution in [2.24, 2.45) is 0 Å². The Labute approximate surface area is 239 Å². The van der Waals surface area contributed by atoms with Crippen LogP contribution in [0.2, 0.25) is 0 Å². The maximum Gasteiger partial charge on any atom is 0.258 e. The van der Waals surface area contributed by atoms with Crippen molar-refractivity contribution in [2.75, 3.05) is 18.5 Å². The third kappa shape index (κ3) is 6.71. The standard InChI is InChI=1S/C31H35N7O3/c1-4-24(5-2)34-29(40)19-41-26-8-6-7-22(15-26)30-36-28-13-14-38(20(3)39)18-27(28)31(37-30)35-25-11-9-21(10-12-25)23-16-32-33-17-23/h6-12,15-17,24H,4-5,13-14,18-19H2,1-3H3,(H,32,33)(H,34,40)(H,35,36,37). The van der Waals surface area contributed by atoms with Crippen LogP contribution in [0.5, 0.6) is 5.75 Å². The lowest BCUT2D eigenvalue weighted by Gasteiger charge is -2.29. The minimum atomic E-state index is -0.144. The van der Waals surface area contributed by atoms with Gasteiger partial charge in [-0.05, 0) is 42.7 Å². The van der Waals surface area contributed by atoms with Crippen LogP contribution in [0, 0.1) is 0 Å². The van der Waals surface area contributed by atoms with Gasteiger partial charge in [-0.2, -0.15) is 5.10 Å². The first-order valence-electron chi connectivity index (χ1n) is 14.0. The Kier molecular flexibility index (Phi) is 8.57. The molecule has 10 nitrogen and oxygen atoms in total. The molecular formula is C31H35N7O3. The van der Waals surface area contributed by atoms with Crippen LogP contribution in [-0.2, 0) is 22.6 Å². The lowest BCUT2D eigenvalue weighted by Crippen LogP contribution is -2.37. The monoisotopic (exact) mass is 553 g/mol. The zero-order valence-corrected chi connectivity index (χ0v) is 23.6. The molecule has 2 amide bonds. The molecule has 0 fully saturated rings. The maximum atomic E-state index is 12.3. The summed E-state index contributed by atoms with van der Waals surface area (Å²) in [4.78, 5) is 36.1. The van der Waals surface area contributed by atoms with Gasteiger partial charge in [-0.25, -0.2) is 9.97 Å². The van der Waals surface area contributed by atoms with Crippen LogP contribution >= 0.6 is 0 Å². The first-order valence-corrected chi connectivity index (χ1v) is 14.0. The summed E-state index contributed by atoms with van der Waals surface area (Å²) in [6.07, 6.45) is 6.02. The van der Waals surface area contributed by atoms with E-state index in [9.17, 15) is 9.59 Å². The largest absolute Gasteiger partial charge is 0.484 e. The molecule has 0 radical (unpaired) electrons. The van der Waals surface area contributed by atoms with E-state index in [1.807, 2.05) is 54.7 Å². The number of amides is 2. The highest BCUT2D eigenvalue weighted by Crippen LogP contribution is 2.31. The van der Waals surface area contributed by atoms with Gasteiger partial charge in [0.2, 0.25) is 5.91 Å². The van der Waals surface area contributed by atoms with Crippen molar-refractivity contribution in [3.63, 3.8) is 0 Å². The van der Waals surface area contributed by atoms with E-state index >= 15 is 0 Å². The summed E-state index contributed by atoms with van der Waals surface area (Å²) in [6.45, 7) is 6.66. The molecule has 0 saturated heterocycles. The topological polar surface area (TPSA) is 125 Å². The molecule has 3 N–H and O–H groups in total. The van der Waals surface area contributed by atoms with Gasteiger partial charge < -0.3 is 20.3 Å². The highest BCUT2D eigenvalue weighted by molar-refractivity contribution is 5.78. The van der Waals surface area contributed by atoms with Gasteiger partial charge in [0.25, 0.3) is 5.91 Å². The number of rotatable bonds is 10. The first kappa shape index (κ1) is 27.8. The number of nitrogens with one attached hydrogen (secondary N) is 3. The molecule has 5 rings (SSSR count). The SMILES string of the molecule is CCC(CC)NC(=O)COc1cccc(-c2nc3c(c(Nc4ccc(-c5cn[nH]c5)cc4)n2)CN(C(C)=O)CC3)c1. The molecule has 1 aliphatic rings. The Morgan fingerprint density at radius 1 is 1.05 bits per heavy atom. The summed E-state index contributed by atoms with van der Waals surface area (Å²) in [7, 11) is 0. The second-order valence-corrected chi connectivity index (χ2v) is 10.1. The van der Waals surface area contributed by atoms with E-state index in [2.05, 4.69) is 34.7 Å². The Bertz CT molecular complexity index is 1500. The van der Waals surface area contributed by atoms with Gasteiger partial charge in [-0.15, -0.1) is 0 Å². The number of nitrogens with zero attached hydrogens (tertiary/aromatic N) is 4. The lowest BCUT2D eigenvalue weighted by molar-refractivity contribution is -0.129. The predicted molar refractivity (Wildman–Crippen MR) is 158 cm³/mol. The molecule has 0 spiro atoms. The van der Waals surface area contributed by atoms with Crippen LogP contribution in [0.3, 0.4) is 0 Å². The van der Waals surface area contributed by atoms with Gasteiger partial charge in [-0.1, -0.05) is 38.1 Å². The number of H-pyrrole nitrogens is 1. The number of hydrogen-bond acceptors (Lipinski definition) is 7. The molecule has 3 heterocycles. The molecule has 41 heavy (non-hydrogen) atoms. The van der Waals surface area contributed by atoms with Crippen LogP contribution in [0.25, 0.3) is 22.5 Å². The van der Waals surface area contributed by atoms with Crippen molar-refractivity contribution < 1.29 is 14.3 Å². The summed E-state index contributed by atoms with van der Waals surface area (Å²) in [5.41, 5.74) is 5.50. The van der Waals surface area contributed by atoms with E-state index in [-0.39, 0.29) is 24.5 Å². The van der Waals surface area contributed by atoms with Crippen LogP contribution in [0.1, 0.15) is 44.9 Å². The molecule has 0 unspecified atom stereocenters. The van der Waals surface area contributed by atoms with E-state index in [1.54, 1.807) is 18.0 Å². The number of aromatic amines is 1. The summed E-state index contributed by atoms with van der Waals surface area (Å²) in [6, 6.07) is 15.6. The molecule has 10 heteroatoms. The third-order valence-corrected chi connectivity index (χ3v) is 7.30. The molecule has 0 aliphatic carbocycles. The molecule has 4 aromatic rings. The van der Waals surface area contributed by atoms with Gasteiger partial charge in [0.05, 0.1) is 18.4 Å². The average Bonchev–Trinajstić information content (AvgIpc) is 3.54. The fraction of sp³-hybridized carbons (Fsp3) is 0.323. The molecule has 0 atom stereocenters. The molecule has 1 aliphatic heterocycles. The second kappa shape index (κ2) is 12.6. The number of aromatic nitrogens is 4. The highest BCUT2D eigenvalue weighted by atomic mass is 16.5. The number of anilines is 2. The van der Waals surface area contributed by atoms with Gasteiger partial charge in [0.1, 0.15) is 11.6 Å². The van der Waals surface area contributed by atoms with Crippen molar-refractivity contribution in [1.82, 2.24) is 30.4 Å². The zero-order valence-electron chi connectivity index (χ0n) is 23.6. The normalized spacial score (nSPS) is 12.6. The van der Waals surface area contributed by atoms with Crippen molar-refractivity contribution in [3.05, 3.63) is 72.2 Å². The van der Waals surface area contributed by atoms with Crippen LogP contribution in [0.4, 0.5) is 11.5 Å². The molecule has 2 aromatic heterocycles. The smallest absolute Gasteiger partial charge is 0.258 e. The summed E-state index contributed by atoms with van der Waals surface area (Å²) in [5, 5.41) is 13.3. The van der Waals surface area contributed by atoms with E-state index in [0.29, 0.717) is 36.9 Å². The fourth-order valence-electron chi connectivity index (χ4n) is 4.84. The Hall–Kier alpha value is -4.73. The van der Waals surface area contributed by atoms with E-state index < -0.39 is 0 Å². The Balaban J connectivity index is 1.40. The van der Waals surface area contributed by atoms with E-state index in [0.717, 1.165) is 46.5 Å². The molecule has 0 bridgehead atoms. The molecule has 0 saturated carbocycles. The minimum Gasteiger partial charge on any atom is -0.484 e. The molecule has 2 aromatic carbocycles. The van der Waals surface area contributed by atoms with Crippen molar-refractivity contribution in [2.45, 2.75) is 52.6 Å². The van der Waals surface area contributed by atoms with E-state index in [4.69, 9.17) is 14.7 Å². The average molecular weight is 554 g/mol. The number of benzene rings is 2. The fourth-order valence-corrected chi connectivity index (χ4v) is 4.84. The number of hydrogen-bond donors (Lipinski definition) is 3. The van der Waals surface area contributed by atoms with Crippen LogP contribution in [-0.4, -0.2) is 56.1 Å². The summed E-state index contributed by atoms with van der Waals surface area (Å²) < 4.78 is 5.81. The van der Waals surface area contributed by atoms with E-state index in [1.165, 1.54) is 0 Å². The van der Waals surface area contributed by atoms with Crippen molar-refractivity contribution in [1.29, 1.82) is 0 Å². The first-order chi connectivity index (χ1) is 19.9. The third-order valence-electron chi connectivity index (χ3n) is 7.30. The van der Waals surface area contributed by atoms with Crippen LogP contribution in [0.15, 0.2) is 60.9 Å². The quantitative estimate of drug-likeness (QED) is 0.256.